The standard InChI is InChI=1S/C20H30N4O2/c1-16(23-9-11-24(12-10-23)17(2)25)21-13-20(26)15-22-8-7-18-5-3-4-6-19(18)14-22/h3-6,20-21,26H,1,7-15H2,2H3. The maximum Gasteiger partial charge on any atom is 0.219 e. The van der Waals surface area contributed by atoms with Crippen LogP contribution in [0.25, 0.3) is 0 Å². The molecule has 0 aliphatic carbocycles. The first-order chi connectivity index (χ1) is 12.5. The summed E-state index contributed by atoms with van der Waals surface area (Å²) < 4.78 is 0. The average Bonchev–Trinajstić information content (AvgIpc) is 2.66. The molecule has 2 heterocycles. The van der Waals surface area contributed by atoms with Crippen molar-refractivity contribution in [2.45, 2.75) is 26.0 Å². The van der Waals surface area contributed by atoms with E-state index in [4.69, 9.17) is 0 Å². The lowest BCUT2D eigenvalue weighted by Crippen LogP contribution is -2.50. The molecule has 1 atom stereocenters. The summed E-state index contributed by atoms with van der Waals surface area (Å²) in [7, 11) is 0. The molecule has 1 fully saturated rings. The van der Waals surface area contributed by atoms with Crippen LogP contribution in [-0.4, -0.2) is 77.6 Å². The van der Waals surface area contributed by atoms with E-state index in [1.807, 2.05) is 4.90 Å². The van der Waals surface area contributed by atoms with Gasteiger partial charge in [0.05, 0.1) is 11.9 Å². The fraction of sp³-hybridized carbons (Fsp3) is 0.550. The number of aliphatic hydroxyl groups excluding tert-OH is 1. The number of hydrogen-bond acceptors (Lipinski definition) is 5. The Labute approximate surface area is 156 Å². The number of β-amino-alcohol motifs (C(OH)–C–C–N with tert-alkyl or cyclic N) is 1. The van der Waals surface area contributed by atoms with Gasteiger partial charge < -0.3 is 20.2 Å². The van der Waals surface area contributed by atoms with Crippen LogP contribution in [0.3, 0.4) is 0 Å². The molecule has 6 nitrogen and oxygen atoms in total. The number of aliphatic hydroxyl groups is 1. The maximum absolute atomic E-state index is 11.4. The van der Waals surface area contributed by atoms with E-state index >= 15 is 0 Å². The zero-order valence-corrected chi connectivity index (χ0v) is 15.7. The quantitative estimate of drug-likeness (QED) is 0.781. The molecule has 0 aromatic heterocycles. The lowest BCUT2D eigenvalue weighted by molar-refractivity contribution is -0.130. The van der Waals surface area contributed by atoms with Crippen LogP contribution < -0.4 is 5.32 Å². The Hall–Kier alpha value is -2.05. The minimum atomic E-state index is -0.435. The maximum atomic E-state index is 11.4. The number of amides is 1. The third-order valence-electron chi connectivity index (χ3n) is 5.33. The van der Waals surface area contributed by atoms with Crippen LogP contribution in [0.15, 0.2) is 36.7 Å². The van der Waals surface area contributed by atoms with Gasteiger partial charge in [0.15, 0.2) is 0 Å². The van der Waals surface area contributed by atoms with Crippen LogP contribution in [0.2, 0.25) is 0 Å². The number of fused-ring (bicyclic) bond motifs is 1. The first kappa shape index (κ1) is 18.7. The molecule has 1 aromatic rings. The summed E-state index contributed by atoms with van der Waals surface area (Å²) in [5, 5.41) is 13.7. The van der Waals surface area contributed by atoms with Gasteiger partial charge in [-0.2, -0.15) is 0 Å². The number of carbonyl (C=O) groups excluding carboxylic acids is 1. The Bertz CT molecular complexity index is 640. The highest BCUT2D eigenvalue weighted by Crippen LogP contribution is 2.18. The van der Waals surface area contributed by atoms with Crippen molar-refractivity contribution in [3.05, 3.63) is 47.8 Å². The monoisotopic (exact) mass is 358 g/mol. The van der Waals surface area contributed by atoms with Gasteiger partial charge in [-0.15, -0.1) is 0 Å². The zero-order chi connectivity index (χ0) is 18.5. The van der Waals surface area contributed by atoms with Gasteiger partial charge in [-0.3, -0.25) is 9.69 Å². The van der Waals surface area contributed by atoms with Crippen LogP contribution in [-0.2, 0) is 17.8 Å². The molecular formula is C20H30N4O2. The minimum absolute atomic E-state index is 0.127. The van der Waals surface area contributed by atoms with Crippen LogP contribution in [0.4, 0.5) is 0 Å². The summed E-state index contributed by atoms with van der Waals surface area (Å²) in [6.45, 7) is 11.8. The fourth-order valence-corrected chi connectivity index (χ4v) is 3.71. The molecule has 26 heavy (non-hydrogen) atoms. The summed E-state index contributed by atoms with van der Waals surface area (Å²) in [6.07, 6.45) is 0.610. The summed E-state index contributed by atoms with van der Waals surface area (Å²) in [5.41, 5.74) is 2.79. The molecule has 142 valence electrons. The van der Waals surface area contributed by atoms with Crippen molar-refractivity contribution in [3.8, 4) is 0 Å². The molecule has 2 aliphatic rings. The molecule has 1 unspecified atom stereocenters. The zero-order valence-electron chi connectivity index (χ0n) is 15.7. The molecule has 6 heteroatoms. The van der Waals surface area contributed by atoms with E-state index < -0.39 is 6.10 Å². The summed E-state index contributed by atoms with van der Waals surface area (Å²) in [6, 6.07) is 8.54. The number of piperazine rings is 1. The molecule has 1 aromatic carbocycles. The fourth-order valence-electron chi connectivity index (χ4n) is 3.71. The van der Waals surface area contributed by atoms with Gasteiger partial charge >= 0.3 is 0 Å². The van der Waals surface area contributed by atoms with Crippen molar-refractivity contribution >= 4 is 5.91 Å². The van der Waals surface area contributed by atoms with Gasteiger partial charge in [0.1, 0.15) is 0 Å². The van der Waals surface area contributed by atoms with Crippen LogP contribution in [0.1, 0.15) is 18.1 Å². The second-order valence-electron chi connectivity index (χ2n) is 7.23. The Morgan fingerprint density at radius 1 is 1.15 bits per heavy atom. The van der Waals surface area contributed by atoms with Gasteiger partial charge in [-0.05, 0) is 17.5 Å². The number of nitrogens with zero attached hydrogens (tertiary/aromatic N) is 3. The highest BCUT2D eigenvalue weighted by Gasteiger charge is 2.21. The van der Waals surface area contributed by atoms with Crippen LogP contribution in [0.5, 0.6) is 0 Å². The van der Waals surface area contributed by atoms with Gasteiger partial charge in [0, 0.05) is 59.3 Å². The summed E-state index contributed by atoms with van der Waals surface area (Å²) >= 11 is 0. The number of rotatable bonds is 6. The lowest BCUT2D eigenvalue weighted by atomic mass is 10.00. The molecule has 3 rings (SSSR count). The predicted octanol–water partition coefficient (Wildman–Crippen LogP) is 0.630. The Morgan fingerprint density at radius 2 is 1.81 bits per heavy atom. The van der Waals surface area contributed by atoms with E-state index in [0.29, 0.717) is 13.1 Å². The highest BCUT2D eigenvalue weighted by molar-refractivity contribution is 5.73. The van der Waals surface area contributed by atoms with Crippen LogP contribution in [0, 0.1) is 0 Å². The second-order valence-corrected chi connectivity index (χ2v) is 7.23. The Morgan fingerprint density at radius 3 is 2.50 bits per heavy atom. The van der Waals surface area contributed by atoms with E-state index in [1.54, 1.807) is 6.92 Å². The minimum Gasteiger partial charge on any atom is -0.390 e. The molecule has 2 N–H and O–H groups in total. The van der Waals surface area contributed by atoms with E-state index in [2.05, 4.69) is 46.0 Å². The van der Waals surface area contributed by atoms with Gasteiger partial charge in [-0.25, -0.2) is 0 Å². The SMILES string of the molecule is C=C(NCC(O)CN1CCc2ccccc2C1)N1CCN(C(C)=O)CC1. The molecule has 0 spiro atoms. The molecule has 0 saturated carbocycles. The van der Waals surface area contributed by atoms with Crippen molar-refractivity contribution in [3.63, 3.8) is 0 Å². The molecule has 0 radical (unpaired) electrons. The highest BCUT2D eigenvalue weighted by atomic mass is 16.3. The Balaban J connectivity index is 1.38. The van der Waals surface area contributed by atoms with Crippen molar-refractivity contribution in [1.29, 1.82) is 0 Å². The third-order valence-corrected chi connectivity index (χ3v) is 5.33. The predicted molar refractivity (Wildman–Crippen MR) is 102 cm³/mol. The average molecular weight is 358 g/mol. The van der Waals surface area contributed by atoms with Crippen LogP contribution >= 0.6 is 0 Å². The van der Waals surface area contributed by atoms with Gasteiger partial charge in [0.25, 0.3) is 0 Å². The van der Waals surface area contributed by atoms with Gasteiger partial charge in [0.2, 0.25) is 5.91 Å². The van der Waals surface area contributed by atoms with Crippen molar-refractivity contribution in [1.82, 2.24) is 20.0 Å². The first-order valence-corrected chi connectivity index (χ1v) is 9.43. The van der Waals surface area contributed by atoms with Crippen molar-refractivity contribution < 1.29 is 9.90 Å². The van der Waals surface area contributed by atoms with Crippen molar-refractivity contribution in [2.24, 2.45) is 0 Å². The molecule has 1 amide bonds. The lowest BCUT2D eigenvalue weighted by Gasteiger charge is -2.37. The second kappa shape index (κ2) is 8.56. The smallest absolute Gasteiger partial charge is 0.219 e. The van der Waals surface area contributed by atoms with E-state index in [1.165, 1.54) is 11.1 Å². The van der Waals surface area contributed by atoms with Gasteiger partial charge in [-0.1, -0.05) is 30.8 Å². The number of benzene rings is 1. The summed E-state index contributed by atoms with van der Waals surface area (Å²) in [5.74, 6) is 0.956. The molecule has 1 saturated heterocycles. The Kier molecular flexibility index (Phi) is 6.16. The van der Waals surface area contributed by atoms with Crippen molar-refractivity contribution in [2.75, 3.05) is 45.8 Å². The molecule has 2 aliphatic heterocycles. The number of hydrogen-bond donors (Lipinski definition) is 2. The molecule has 0 bridgehead atoms. The van der Waals surface area contributed by atoms with E-state index in [9.17, 15) is 9.90 Å². The largest absolute Gasteiger partial charge is 0.390 e. The molecular weight excluding hydrogens is 328 g/mol. The first-order valence-electron chi connectivity index (χ1n) is 9.43. The summed E-state index contributed by atoms with van der Waals surface area (Å²) in [4.78, 5) is 17.7. The number of carbonyl (C=O) groups is 1. The number of nitrogens with one attached hydrogen (secondary N) is 1. The van der Waals surface area contributed by atoms with E-state index in [0.717, 1.165) is 51.5 Å². The van der Waals surface area contributed by atoms with E-state index in [-0.39, 0.29) is 5.91 Å². The third kappa shape index (κ3) is 4.77. The topological polar surface area (TPSA) is 59.1 Å². The normalized spacial score (nSPS) is 19.0.